The van der Waals surface area contributed by atoms with Crippen LogP contribution in [0.25, 0.3) is 0 Å². The molecule has 1 fully saturated rings. The molecule has 0 saturated carbocycles. The number of halogens is 3. The molecule has 0 radical (unpaired) electrons. The average Bonchev–Trinajstić information content (AvgIpc) is 2.53. The molecule has 8 heteroatoms. The first-order chi connectivity index (χ1) is 11.3. The summed E-state index contributed by atoms with van der Waals surface area (Å²) in [6, 6.07) is 3.94. The number of rotatable bonds is 5. The van der Waals surface area contributed by atoms with Crippen LogP contribution in [-0.4, -0.2) is 42.9 Å². The van der Waals surface area contributed by atoms with Crippen LogP contribution < -0.4 is 11.1 Å². The number of alkyl halides is 3. The monoisotopic (exact) mass is 343 g/mol. The van der Waals surface area contributed by atoms with E-state index in [0.29, 0.717) is 26.1 Å². The Labute approximate surface area is 138 Å². The molecule has 1 aliphatic rings. The normalized spacial score (nSPS) is 19.0. The molecular weight excluding hydrogens is 323 g/mol. The lowest BCUT2D eigenvalue weighted by Crippen LogP contribution is -2.43. The van der Waals surface area contributed by atoms with Crippen molar-refractivity contribution in [2.75, 3.05) is 26.2 Å². The van der Waals surface area contributed by atoms with Gasteiger partial charge in [0.2, 0.25) is 0 Å². The Hall–Kier alpha value is -2.09. The van der Waals surface area contributed by atoms with Gasteiger partial charge in [-0.3, -0.25) is 4.79 Å². The third-order valence-corrected chi connectivity index (χ3v) is 4.08. The second kappa shape index (κ2) is 7.65. The van der Waals surface area contributed by atoms with Crippen LogP contribution in [-0.2, 0) is 6.18 Å². The number of ketones is 1. The Morgan fingerprint density at radius 3 is 2.75 bits per heavy atom. The molecule has 2 rings (SSSR count). The number of likely N-dealkylation sites (tertiary alicyclic amines) is 1. The molecule has 1 aliphatic heterocycles. The molecule has 132 valence electrons. The predicted molar refractivity (Wildman–Crippen MR) is 82.5 cm³/mol. The van der Waals surface area contributed by atoms with E-state index in [0.717, 1.165) is 25.1 Å². The molecule has 0 aromatic heterocycles. The Kier molecular flexibility index (Phi) is 5.82. The number of nitrogens with zero attached hydrogens (tertiary/aromatic N) is 1. The molecule has 1 atom stereocenters. The van der Waals surface area contributed by atoms with Crippen molar-refractivity contribution in [3.63, 3.8) is 0 Å². The smallest absolute Gasteiger partial charge is 0.352 e. The SMILES string of the molecule is NC(=O)NCCN1CCCC(C(=O)c2cccc(C(F)(F)F)c2)C1. The number of hydrogen-bond acceptors (Lipinski definition) is 3. The molecule has 0 aliphatic carbocycles. The van der Waals surface area contributed by atoms with E-state index in [2.05, 4.69) is 5.32 Å². The number of benzene rings is 1. The van der Waals surface area contributed by atoms with Crippen LogP contribution in [0.1, 0.15) is 28.8 Å². The number of carbonyl (C=O) groups excluding carboxylic acids is 2. The quantitative estimate of drug-likeness (QED) is 0.806. The van der Waals surface area contributed by atoms with Crippen molar-refractivity contribution in [1.82, 2.24) is 10.2 Å². The fraction of sp³-hybridized carbons (Fsp3) is 0.500. The number of nitrogens with two attached hydrogens (primary N) is 1. The second-order valence-electron chi connectivity index (χ2n) is 5.87. The molecule has 1 unspecified atom stereocenters. The summed E-state index contributed by atoms with van der Waals surface area (Å²) in [5.74, 6) is -0.607. The number of urea groups is 1. The van der Waals surface area contributed by atoms with Gasteiger partial charge in [-0.15, -0.1) is 0 Å². The van der Waals surface area contributed by atoms with E-state index in [4.69, 9.17) is 5.73 Å². The van der Waals surface area contributed by atoms with E-state index in [1.165, 1.54) is 12.1 Å². The van der Waals surface area contributed by atoms with E-state index in [1.54, 1.807) is 0 Å². The van der Waals surface area contributed by atoms with Crippen molar-refractivity contribution in [1.29, 1.82) is 0 Å². The zero-order valence-electron chi connectivity index (χ0n) is 13.1. The maximum absolute atomic E-state index is 12.8. The van der Waals surface area contributed by atoms with E-state index in [9.17, 15) is 22.8 Å². The highest BCUT2D eigenvalue weighted by Gasteiger charge is 2.32. The van der Waals surface area contributed by atoms with Crippen LogP contribution in [0.5, 0.6) is 0 Å². The fourth-order valence-electron chi connectivity index (χ4n) is 2.89. The first kappa shape index (κ1) is 18.3. The molecule has 5 nitrogen and oxygen atoms in total. The summed E-state index contributed by atoms with van der Waals surface area (Å²) in [5, 5.41) is 2.48. The minimum Gasteiger partial charge on any atom is -0.352 e. The summed E-state index contributed by atoms with van der Waals surface area (Å²) in [7, 11) is 0. The van der Waals surface area contributed by atoms with Gasteiger partial charge >= 0.3 is 12.2 Å². The van der Waals surface area contributed by atoms with Crippen LogP contribution >= 0.6 is 0 Å². The van der Waals surface area contributed by atoms with Gasteiger partial charge < -0.3 is 16.0 Å². The number of primary amides is 1. The fourth-order valence-corrected chi connectivity index (χ4v) is 2.89. The van der Waals surface area contributed by atoms with Crippen molar-refractivity contribution in [3.8, 4) is 0 Å². The Morgan fingerprint density at radius 1 is 1.33 bits per heavy atom. The minimum absolute atomic E-state index is 0.0898. The van der Waals surface area contributed by atoms with Gasteiger partial charge in [0.1, 0.15) is 0 Å². The van der Waals surface area contributed by atoms with Gasteiger partial charge in [0.25, 0.3) is 0 Å². The van der Waals surface area contributed by atoms with Crippen LogP contribution in [0.3, 0.4) is 0 Å². The molecule has 0 spiro atoms. The van der Waals surface area contributed by atoms with Crippen molar-refractivity contribution in [2.24, 2.45) is 11.7 Å². The first-order valence-corrected chi connectivity index (χ1v) is 7.74. The highest BCUT2D eigenvalue weighted by molar-refractivity contribution is 5.98. The van der Waals surface area contributed by atoms with Gasteiger partial charge in [-0.05, 0) is 31.5 Å². The second-order valence-corrected chi connectivity index (χ2v) is 5.87. The number of nitrogens with one attached hydrogen (secondary N) is 1. The molecule has 3 N–H and O–H groups in total. The molecular formula is C16H20F3N3O2. The third-order valence-electron chi connectivity index (χ3n) is 4.08. The maximum Gasteiger partial charge on any atom is 0.416 e. The number of hydrogen-bond donors (Lipinski definition) is 2. The Balaban J connectivity index is 2.00. The lowest BCUT2D eigenvalue weighted by Gasteiger charge is -2.32. The molecule has 1 heterocycles. The predicted octanol–water partition coefficient (Wildman–Crippen LogP) is 2.27. The van der Waals surface area contributed by atoms with Gasteiger partial charge in [-0.25, -0.2) is 4.79 Å². The zero-order valence-corrected chi connectivity index (χ0v) is 13.1. The first-order valence-electron chi connectivity index (χ1n) is 7.74. The van der Waals surface area contributed by atoms with Crippen LogP contribution in [0.4, 0.5) is 18.0 Å². The summed E-state index contributed by atoms with van der Waals surface area (Å²) in [4.78, 5) is 25.2. The van der Waals surface area contributed by atoms with Gasteiger partial charge in [0.05, 0.1) is 5.56 Å². The van der Waals surface area contributed by atoms with Gasteiger partial charge in [0, 0.05) is 31.1 Å². The summed E-state index contributed by atoms with van der Waals surface area (Å²) < 4.78 is 38.3. The highest BCUT2D eigenvalue weighted by Crippen LogP contribution is 2.30. The molecule has 2 amide bonds. The molecule has 1 aromatic rings. The van der Waals surface area contributed by atoms with Crippen LogP contribution in [0.15, 0.2) is 24.3 Å². The number of carbonyl (C=O) groups is 2. The largest absolute Gasteiger partial charge is 0.416 e. The van der Waals surface area contributed by atoms with Crippen molar-refractivity contribution in [2.45, 2.75) is 19.0 Å². The highest BCUT2D eigenvalue weighted by atomic mass is 19.4. The average molecular weight is 343 g/mol. The summed E-state index contributed by atoms with van der Waals surface area (Å²) in [6.45, 7) is 2.18. The van der Waals surface area contributed by atoms with E-state index in [-0.39, 0.29) is 17.3 Å². The third kappa shape index (κ3) is 4.95. The number of piperidine rings is 1. The Bertz CT molecular complexity index is 604. The van der Waals surface area contributed by atoms with Gasteiger partial charge in [0.15, 0.2) is 5.78 Å². The zero-order chi connectivity index (χ0) is 17.7. The minimum atomic E-state index is -4.46. The summed E-state index contributed by atoms with van der Waals surface area (Å²) in [6.07, 6.45) is -3.03. The van der Waals surface area contributed by atoms with Gasteiger partial charge in [-0.2, -0.15) is 13.2 Å². The van der Waals surface area contributed by atoms with E-state index >= 15 is 0 Å². The lowest BCUT2D eigenvalue weighted by atomic mass is 9.89. The van der Waals surface area contributed by atoms with Gasteiger partial charge in [-0.1, -0.05) is 12.1 Å². The van der Waals surface area contributed by atoms with Crippen molar-refractivity contribution in [3.05, 3.63) is 35.4 Å². The number of amides is 2. The van der Waals surface area contributed by atoms with Crippen molar-refractivity contribution >= 4 is 11.8 Å². The standard InChI is InChI=1S/C16H20F3N3O2/c17-16(18,19)13-5-1-3-11(9-13)14(23)12-4-2-7-22(10-12)8-6-21-15(20)24/h1,3,5,9,12H,2,4,6-8,10H2,(H3,20,21,24). The molecule has 0 bridgehead atoms. The molecule has 1 aromatic carbocycles. The number of Topliss-reactive ketones (excluding diaryl/α,β-unsaturated/α-hetero) is 1. The van der Waals surface area contributed by atoms with E-state index in [1.807, 2.05) is 4.90 Å². The van der Waals surface area contributed by atoms with Crippen LogP contribution in [0.2, 0.25) is 0 Å². The maximum atomic E-state index is 12.8. The lowest BCUT2D eigenvalue weighted by molar-refractivity contribution is -0.137. The topological polar surface area (TPSA) is 75.4 Å². The Morgan fingerprint density at radius 2 is 2.08 bits per heavy atom. The van der Waals surface area contributed by atoms with E-state index < -0.39 is 17.8 Å². The van der Waals surface area contributed by atoms with Crippen molar-refractivity contribution < 1.29 is 22.8 Å². The summed E-state index contributed by atoms with van der Waals surface area (Å²) >= 11 is 0. The van der Waals surface area contributed by atoms with Crippen LogP contribution in [0, 0.1) is 5.92 Å². The molecule has 1 saturated heterocycles. The summed E-state index contributed by atoms with van der Waals surface area (Å²) in [5.41, 5.74) is 4.27. The molecule has 24 heavy (non-hydrogen) atoms.